The summed E-state index contributed by atoms with van der Waals surface area (Å²) >= 11 is 0. The zero-order chi connectivity index (χ0) is 14.1. The lowest BCUT2D eigenvalue weighted by atomic mass is 10.2. The van der Waals surface area contributed by atoms with Crippen LogP contribution in [0.15, 0.2) is 24.3 Å². The number of carbonyl (C=O) groups is 2. The van der Waals surface area contributed by atoms with E-state index in [-0.39, 0.29) is 18.3 Å². The van der Waals surface area contributed by atoms with E-state index in [1.165, 1.54) is 0 Å². The minimum atomic E-state index is -0.652. The highest BCUT2D eigenvalue weighted by Crippen LogP contribution is 2.10. The molecule has 1 rings (SSSR count). The summed E-state index contributed by atoms with van der Waals surface area (Å²) in [5.74, 6) is -0.175. The summed E-state index contributed by atoms with van der Waals surface area (Å²) < 4.78 is 0. The van der Waals surface area contributed by atoms with Gasteiger partial charge in [-0.25, -0.2) is 4.79 Å². The molecule has 0 bridgehead atoms. The number of urea groups is 1. The fourth-order valence-corrected chi connectivity index (χ4v) is 1.55. The molecule has 0 spiro atoms. The molecule has 0 atom stereocenters. The molecule has 0 aromatic heterocycles. The number of halogens is 1. The summed E-state index contributed by atoms with van der Waals surface area (Å²) in [4.78, 5) is 22.6. The molecule has 1 aromatic carbocycles. The maximum atomic E-state index is 11.8. The molecule has 0 fully saturated rings. The number of amides is 3. The summed E-state index contributed by atoms with van der Waals surface area (Å²) in [5, 5.41) is 8.41. The second-order valence-corrected chi connectivity index (χ2v) is 4.08. The van der Waals surface area contributed by atoms with Crippen LogP contribution in [0.5, 0.6) is 0 Å². The van der Waals surface area contributed by atoms with Gasteiger partial charge in [0.05, 0.1) is 0 Å². The third kappa shape index (κ3) is 6.96. The first kappa shape index (κ1) is 18.2. The van der Waals surface area contributed by atoms with Gasteiger partial charge in [-0.1, -0.05) is 13.0 Å². The highest BCUT2D eigenvalue weighted by Gasteiger charge is 2.05. The molecule has 0 saturated carbocycles. The van der Waals surface area contributed by atoms with Gasteiger partial charge in [0, 0.05) is 24.3 Å². The van der Waals surface area contributed by atoms with E-state index in [4.69, 9.17) is 5.73 Å². The van der Waals surface area contributed by atoms with E-state index in [0.29, 0.717) is 17.8 Å². The van der Waals surface area contributed by atoms with Crippen LogP contribution in [0.4, 0.5) is 10.5 Å². The van der Waals surface area contributed by atoms with Crippen molar-refractivity contribution in [2.24, 2.45) is 5.73 Å². The Hall–Kier alpha value is -1.79. The Morgan fingerprint density at radius 2 is 1.95 bits per heavy atom. The van der Waals surface area contributed by atoms with Crippen LogP contribution >= 0.6 is 12.4 Å². The first-order valence-corrected chi connectivity index (χ1v) is 6.29. The molecule has 0 aliphatic rings. The van der Waals surface area contributed by atoms with Crippen molar-refractivity contribution in [1.29, 1.82) is 0 Å². The standard InChI is InChI=1S/C13H20N4O2.ClH/c1-2-6-15-7-8-16-12(18)10-4-3-5-11(9-10)17-13(14)19;/h3-5,9,15H,2,6-8H2,1H3,(H,16,18)(H3,14,17,19);1H. The van der Waals surface area contributed by atoms with Gasteiger partial charge in [-0.3, -0.25) is 4.79 Å². The molecule has 0 saturated heterocycles. The predicted octanol–water partition coefficient (Wildman–Crippen LogP) is 1.33. The number of benzene rings is 1. The SMILES string of the molecule is CCCNCCNC(=O)c1cccc(NC(N)=O)c1.Cl. The molecule has 1 aromatic rings. The fourth-order valence-electron chi connectivity index (χ4n) is 1.55. The average Bonchev–Trinajstić information content (AvgIpc) is 2.38. The number of hydrogen-bond acceptors (Lipinski definition) is 3. The molecule has 0 unspecified atom stereocenters. The Morgan fingerprint density at radius 1 is 1.20 bits per heavy atom. The molecule has 6 nitrogen and oxygen atoms in total. The maximum Gasteiger partial charge on any atom is 0.316 e. The predicted molar refractivity (Wildman–Crippen MR) is 82.4 cm³/mol. The highest BCUT2D eigenvalue weighted by molar-refractivity contribution is 5.96. The quantitative estimate of drug-likeness (QED) is 0.572. The van der Waals surface area contributed by atoms with E-state index in [0.717, 1.165) is 19.5 Å². The van der Waals surface area contributed by atoms with Gasteiger partial charge in [-0.15, -0.1) is 12.4 Å². The Balaban J connectivity index is 0.00000361. The molecule has 3 amide bonds. The van der Waals surface area contributed by atoms with Crippen molar-refractivity contribution in [2.45, 2.75) is 13.3 Å². The number of hydrogen-bond donors (Lipinski definition) is 4. The van der Waals surface area contributed by atoms with E-state index in [1.807, 2.05) is 0 Å². The Kier molecular flexibility index (Phi) is 9.15. The second-order valence-electron chi connectivity index (χ2n) is 4.08. The lowest BCUT2D eigenvalue weighted by Gasteiger charge is -2.07. The normalized spacial score (nSPS) is 9.45. The number of primary amides is 1. The zero-order valence-electron chi connectivity index (χ0n) is 11.4. The van der Waals surface area contributed by atoms with Gasteiger partial charge in [0.1, 0.15) is 0 Å². The lowest BCUT2D eigenvalue weighted by molar-refractivity contribution is 0.0954. The first-order chi connectivity index (χ1) is 9.13. The molecular weight excluding hydrogens is 280 g/mol. The van der Waals surface area contributed by atoms with Crippen LogP contribution in [0, 0.1) is 0 Å². The summed E-state index contributed by atoms with van der Waals surface area (Å²) in [7, 11) is 0. The molecule has 0 aliphatic carbocycles. The fraction of sp³-hybridized carbons (Fsp3) is 0.385. The van der Waals surface area contributed by atoms with Gasteiger partial charge in [-0.05, 0) is 31.2 Å². The van der Waals surface area contributed by atoms with Crippen molar-refractivity contribution in [1.82, 2.24) is 10.6 Å². The number of nitrogens with one attached hydrogen (secondary N) is 3. The van der Waals surface area contributed by atoms with Crippen molar-refractivity contribution < 1.29 is 9.59 Å². The molecular formula is C13H21ClN4O2. The summed E-state index contributed by atoms with van der Waals surface area (Å²) in [5.41, 5.74) is 6.01. The van der Waals surface area contributed by atoms with Crippen molar-refractivity contribution >= 4 is 30.0 Å². The van der Waals surface area contributed by atoms with Gasteiger partial charge in [0.2, 0.25) is 0 Å². The van der Waals surface area contributed by atoms with Crippen molar-refractivity contribution in [3.63, 3.8) is 0 Å². The molecule has 112 valence electrons. The van der Waals surface area contributed by atoms with Crippen LogP contribution in [0.2, 0.25) is 0 Å². The maximum absolute atomic E-state index is 11.8. The van der Waals surface area contributed by atoms with Crippen LogP contribution in [-0.2, 0) is 0 Å². The molecule has 7 heteroatoms. The van der Waals surface area contributed by atoms with Crippen molar-refractivity contribution in [3.05, 3.63) is 29.8 Å². The van der Waals surface area contributed by atoms with E-state index >= 15 is 0 Å². The summed E-state index contributed by atoms with van der Waals surface area (Å²) in [6.07, 6.45) is 1.06. The van der Waals surface area contributed by atoms with Crippen LogP contribution in [-0.4, -0.2) is 31.6 Å². The van der Waals surface area contributed by atoms with Crippen molar-refractivity contribution in [2.75, 3.05) is 25.0 Å². The van der Waals surface area contributed by atoms with Crippen LogP contribution in [0.25, 0.3) is 0 Å². The minimum absolute atomic E-state index is 0. The van der Waals surface area contributed by atoms with Gasteiger partial charge in [0.25, 0.3) is 5.91 Å². The zero-order valence-corrected chi connectivity index (χ0v) is 12.3. The van der Waals surface area contributed by atoms with E-state index in [9.17, 15) is 9.59 Å². The topological polar surface area (TPSA) is 96.2 Å². The first-order valence-electron chi connectivity index (χ1n) is 6.29. The number of nitrogens with two attached hydrogens (primary N) is 1. The van der Waals surface area contributed by atoms with E-state index in [1.54, 1.807) is 24.3 Å². The van der Waals surface area contributed by atoms with Gasteiger partial charge < -0.3 is 21.7 Å². The molecule has 0 heterocycles. The lowest BCUT2D eigenvalue weighted by Crippen LogP contribution is -2.32. The van der Waals surface area contributed by atoms with Crippen LogP contribution in [0.3, 0.4) is 0 Å². The average molecular weight is 301 g/mol. The number of rotatable bonds is 7. The Morgan fingerprint density at radius 3 is 2.60 bits per heavy atom. The Bertz CT molecular complexity index is 440. The number of carbonyl (C=O) groups excluding carboxylic acids is 2. The molecule has 20 heavy (non-hydrogen) atoms. The van der Waals surface area contributed by atoms with E-state index in [2.05, 4.69) is 22.9 Å². The third-order valence-electron chi connectivity index (χ3n) is 2.41. The van der Waals surface area contributed by atoms with Crippen molar-refractivity contribution in [3.8, 4) is 0 Å². The van der Waals surface area contributed by atoms with Crippen LogP contribution in [0.1, 0.15) is 23.7 Å². The van der Waals surface area contributed by atoms with E-state index < -0.39 is 6.03 Å². The molecule has 0 radical (unpaired) electrons. The third-order valence-corrected chi connectivity index (χ3v) is 2.41. The van der Waals surface area contributed by atoms with Gasteiger partial charge in [-0.2, -0.15) is 0 Å². The van der Waals surface area contributed by atoms with Gasteiger partial charge >= 0.3 is 6.03 Å². The largest absolute Gasteiger partial charge is 0.351 e. The molecule has 5 N–H and O–H groups in total. The highest BCUT2D eigenvalue weighted by atomic mass is 35.5. The second kappa shape index (κ2) is 10.1. The van der Waals surface area contributed by atoms with Gasteiger partial charge in [0.15, 0.2) is 0 Å². The summed E-state index contributed by atoms with van der Waals surface area (Å²) in [6, 6.07) is 5.97. The number of anilines is 1. The Labute approximate surface area is 124 Å². The van der Waals surface area contributed by atoms with Crippen LogP contribution < -0.4 is 21.7 Å². The summed E-state index contributed by atoms with van der Waals surface area (Å²) in [6.45, 7) is 4.32. The smallest absolute Gasteiger partial charge is 0.316 e. The monoisotopic (exact) mass is 300 g/mol. The molecule has 0 aliphatic heterocycles. The minimum Gasteiger partial charge on any atom is -0.351 e.